The van der Waals surface area contributed by atoms with Crippen LogP contribution in [0.25, 0.3) is 0 Å². The zero-order valence-electron chi connectivity index (χ0n) is 40.8. The standard InChI is InChI=1S/C45H72N12O16/c1-2-3-4-5-6-7-8-9-10-11-16-50-40(67)30(21-37(64)53-32(23-58)43(70)56-31(45(72)73)17-25-12-14-26(60)15-13-25)55-42(69)29(20-36(49)63)54-44(71)33(24-59)57-41(68)28(19-35(48)62)52-38(65)22-51-39(66)27(46)18-34(47)61/h12-15,27-33,58-60H,2-11,16-24,46H2,1H3,(H2,47,61)(H2,48,62)(H2,49,63)(H,50,67)(H,51,66)(H,52,65)(H,53,64)(H,54,71)(H,55,69)(H,56,70)(H,57,68)(H,72,73)/t27-,28+,29+,30+,31-,32-,33+/m1/s1. The van der Waals surface area contributed by atoms with Crippen molar-refractivity contribution in [3.05, 3.63) is 29.8 Å². The third-order valence-electron chi connectivity index (χ3n) is 10.8. The lowest BCUT2D eigenvalue weighted by molar-refractivity contribution is -0.142. The lowest BCUT2D eigenvalue weighted by Crippen LogP contribution is -2.60. The molecule has 0 fully saturated rings. The molecule has 0 spiro atoms. The van der Waals surface area contributed by atoms with E-state index >= 15 is 0 Å². The molecule has 1 aromatic carbocycles. The number of rotatable bonds is 38. The molecule has 28 heteroatoms. The quantitative estimate of drug-likeness (QED) is 0.0275. The van der Waals surface area contributed by atoms with Gasteiger partial charge in [-0.15, -0.1) is 0 Å². The lowest BCUT2D eigenvalue weighted by atomic mass is 10.1. The van der Waals surface area contributed by atoms with Crippen LogP contribution in [0.3, 0.4) is 0 Å². The van der Waals surface area contributed by atoms with E-state index in [9.17, 15) is 78.0 Å². The number of aromatic hydroxyl groups is 1. The summed E-state index contributed by atoms with van der Waals surface area (Å²) in [7, 11) is 0. The molecule has 408 valence electrons. The van der Waals surface area contributed by atoms with E-state index in [0.29, 0.717) is 12.0 Å². The number of primary amides is 3. The minimum absolute atomic E-state index is 0.0822. The summed E-state index contributed by atoms with van der Waals surface area (Å²) in [6, 6.07) is -6.88. The molecule has 7 atom stereocenters. The molecule has 0 saturated heterocycles. The number of phenols is 1. The Bertz CT molecular complexity index is 2040. The van der Waals surface area contributed by atoms with Crippen LogP contribution in [-0.4, -0.2) is 160 Å². The number of phenolic OH excluding ortho intramolecular Hbond substituents is 1. The molecular weight excluding hydrogens is 965 g/mol. The van der Waals surface area contributed by atoms with Gasteiger partial charge in [-0.25, -0.2) is 4.79 Å². The van der Waals surface area contributed by atoms with Crippen molar-refractivity contribution in [2.24, 2.45) is 22.9 Å². The van der Waals surface area contributed by atoms with Crippen molar-refractivity contribution in [3.63, 3.8) is 0 Å². The number of benzene rings is 1. The highest BCUT2D eigenvalue weighted by Crippen LogP contribution is 2.13. The number of aliphatic carboxylic acids is 1. The molecule has 0 radical (unpaired) electrons. The van der Waals surface area contributed by atoms with Gasteiger partial charge < -0.3 is 85.9 Å². The molecular formula is C45H72N12O16. The molecule has 0 bridgehead atoms. The van der Waals surface area contributed by atoms with Crippen LogP contribution in [0.5, 0.6) is 5.75 Å². The highest BCUT2D eigenvalue weighted by Gasteiger charge is 2.34. The molecule has 0 unspecified atom stereocenters. The van der Waals surface area contributed by atoms with Gasteiger partial charge >= 0.3 is 5.97 Å². The third-order valence-corrected chi connectivity index (χ3v) is 10.8. The summed E-state index contributed by atoms with van der Waals surface area (Å²) in [5.74, 6) is -14.0. The molecule has 0 heterocycles. The normalized spacial score (nSPS) is 13.7. The molecule has 28 nitrogen and oxygen atoms in total. The van der Waals surface area contributed by atoms with Crippen molar-refractivity contribution in [2.45, 2.75) is 146 Å². The molecule has 1 rings (SSSR count). The summed E-state index contributed by atoms with van der Waals surface area (Å²) in [5, 5.41) is 56.9. The largest absolute Gasteiger partial charge is 0.508 e. The van der Waals surface area contributed by atoms with Gasteiger partial charge in [-0.3, -0.25) is 52.7 Å². The maximum Gasteiger partial charge on any atom is 0.326 e. The number of nitrogens with one attached hydrogen (secondary N) is 8. The fraction of sp³-hybridized carbons (Fsp3) is 0.600. The Hall–Kier alpha value is -7.46. The molecule has 1 aromatic rings. The van der Waals surface area contributed by atoms with E-state index in [1.807, 2.05) is 5.32 Å². The number of carboxylic acid groups (broad SMARTS) is 1. The van der Waals surface area contributed by atoms with Crippen molar-refractivity contribution in [2.75, 3.05) is 26.3 Å². The van der Waals surface area contributed by atoms with E-state index < -0.39 is 159 Å². The Morgan fingerprint density at radius 3 is 1.37 bits per heavy atom. The Morgan fingerprint density at radius 1 is 0.479 bits per heavy atom. The number of carbonyl (C=O) groups excluding carboxylic acids is 11. The average molecular weight is 1040 g/mol. The number of hydrogen-bond acceptors (Lipinski definition) is 16. The fourth-order valence-corrected chi connectivity index (χ4v) is 6.81. The van der Waals surface area contributed by atoms with Gasteiger partial charge in [0.05, 0.1) is 51.5 Å². The van der Waals surface area contributed by atoms with E-state index in [1.165, 1.54) is 37.1 Å². The monoisotopic (exact) mass is 1040 g/mol. The summed E-state index contributed by atoms with van der Waals surface area (Å²) < 4.78 is 0. The van der Waals surface area contributed by atoms with Crippen LogP contribution in [-0.2, 0) is 64.0 Å². The van der Waals surface area contributed by atoms with Crippen molar-refractivity contribution in [3.8, 4) is 5.75 Å². The van der Waals surface area contributed by atoms with Gasteiger partial charge in [0.25, 0.3) is 0 Å². The van der Waals surface area contributed by atoms with Crippen molar-refractivity contribution in [1.82, 2.24) is 42.5 Å². The van der Waals surface area contributed by atoms with Crippen molar-refractivity contribution in [1.29, 1.82) is 0 Å². The first kappa shape index (κ1) is 63.6. The number of aliphatic hydroxyl groups excluding tert-OH is 2. The zero-order valence-corrected chi connectivity index (χ0v) is 40.8. The predicted molar refractivity (Wildman–Crippen MR) is 257 cm³/mol. The van der Waals surface area contributed by atoms with Crippen molar-refractivity contribution >= 4 is 70.9 Å². The van der Waals surface area contributed by atoms with Gasteiger partial charge in [0.1, 0.15) is 42.0 Å². The maximum atomic E-state index is 13.8. The molecule has 0 aliphatic rings. The van der Waals surface area contributed by atoms with Crippen LogP contribution >= 0.6 is 0 Å². The van der Waals surface area contributed by atoms with Gasteiger partial charge in [-0.1, -0.05) is 76.8 Å². The topological polar surface area (TPSA) is 486 Å². The third kappa shape index (κ3) is 27.1. The second-order valence-corrected chi connectivity index (χ2v) is 17.1. The fourth-order valence-electron chi connectivity index (χ4n) is 6.81. The summed E-state index contributed by atoms with van der Waals surface area (Å²) in [5.41, 5.74) is 21.5. The van der Waals surface area contributed by atoms with Gasteiger partial charge in [-0.05, 0) is 24.1 Å². The van der Waals surface area contributed by atoms with Gasteiger partial charge in [0.15, 0.2) is 0 Å². The summed E-state index contributed by atoms with van der Waals surface area (Å²) in [6.45, 7) is -0.854. The second-order valence-electron chi connectivity index (χ2n) is 17.1. The number of nitrogens with two attached hydrogens (primary N) is 4. The number of carbonyl (C=O) groups is 12. The van der Waals surface area contributed by atoms with Crippen LogP contribution in [0.2, 0.25) is 0 Å². The number of unbranched alkanes of at least 4 members (excludes halogenated alkanes) is 9. The number of amides is 11. The SMILES string of the molecule is CCCCCCCCCCCCNC(=O)[C@H](CC(=O)N[C@H](CO)C(=O)N[C@H](Cc1ccc(O)cc1)C(=O)O)NC(=O)[C@H](CC(N)=O)NC(=O)[C@H](CO)NC(=O)[C@H](CC(N)=O)NC(=O)CNC(=O)[C@H](N)CC(N)=O. The van der Waals surface area contributed by atoms with Crippen LogP contribution in [0.1, 0.15) is 102 Å². The average Bonchev–Trinajstić information content (AvgIpc) is 3.32. The minimum atomic E-state index is -1.97. The first-order valence-corrected chi connectivity index (χ1v) is 23.7. The van der Waals surface area contributed by atoms with Crippen LogP contribution < -0.4 is 65.5 Å². The summed E-state index contributed by atoms with van der Waals surface area (Å²) in [4.78, 5) is 152. The predicted octanol–water partition coefficient (Wildman–Crippen LogP) is -5.59. The van der Waals surface area contributed by atoms with E-state index in [4.69, 9.17) is 22.9 Å². The molecule has 11 amide bonds. The first-order valence-electron chi connectivity index (χ1n) is 23.7. The molecule has 20 N–H and O–H groups in total. The highest BCUT2D eigenvalue weighted by atomic mass is 16.4. The molecule has 0 saturated carbocycles. The molecule has 73 heavy (non-hydrogen) atoms. The lowest BCUT2D eigenvalue weighted by Gasteiger charge is -2.25. The second kappa shape index (κ2) is 34.8. The summed E-state index contributed by atoms with van der Waals surface area (Å²) in [6.07, 6.45) is 6.26. The molecule has 0 aliphatic heterocycles. The van der Waals surface area contributed by atoms with Gasteiger partial charge in [0, 0.05) is 13.0 Å². The van der Waals surface area contributed by atoms with Crippen LogP contribution in [0.15, 0.2) is 24.3 Å². The number of carboxylic acids is 1. The maximum absolute atomic E-state index is 13.8. The minimum Gasteiger partial charge on any atom is -0.508 e. The van der Waals surface area contributed by atoms with E-state index in [1.54, 1.807) is 0 Å². The Kier molecular flexibility index (Phi) is 30.3. The zero-order chi connectivity index (χ0) is 55.0. The van der Waals surface area contributed by atoms with E-state index in [0.717, 1.165) is 44.9 Å². The Balaban J connectivity index is 3.24. The smallest absolute Gasteiger partial charge is 0.326 e. The van der Waals surface area contributed by atoms with Gasteiger partial charge in [0.2, 0.25) is 65.0 Å². The van der Waals surface area contributed by atoms with Crippen molar-refractivity contribution < 1.29 is 78.0 Å². The number of hydrogen-bond donors (Lipinski definition) is 16. The Labute approximate surface area is 421 Å². The molecule has 0 aromatic heterocycles. The molecule has 0 aliphatic carbocycles. The van der Waals surface area contributed by atoms with Crippen LogP contribution in [0, 0.1) is 0 Å². The van der Waals surface area contributed by atoms with Crippen LogP contribution in [0.4, 0.5) is 0 Å². The van der Waals surface area contributed by atoms with Gasteiger partial charge in [-0.2, -0.15) is 0 Å². The van der Waals surface area contributed by atoms with E-state index in [-0.39, 0.29) is 18.7 Å². The van der Waals surface area contributed by atoms with E-state index in [2.05, 4.69) is 44.1 Å². The Morgan fingerprint density at radius 2 is 0.890 bits per heavy atom. The number of aliphatic hydroxyl groups is 2. The first-order chi connectivity index (χ1) is 34.5. The summed E-state index contributed by atoms with van der Waals surface area (Å²) >= 11 is 0. The highest BCUT2D eigenvalue weighted by molar-refractivity contribution is 6.00.